The Hall–Kier alpha value is -1.67. The number of rotatable bonds is 13. The highest BCUT2D eigenvalue weighted by atomic mass is 31.3. The normalized spacial score (nSPS) is 27.7. The van der Waals surface area contributed by atoms with Gasteiger partial charge >= 0.3 is 21.3 Å². The molecule has 36 heavy (non-hydrogen) atoms. The van der Waals surface area contributed by atoms with Crippen molar-refractivity contribution in [2.45, 2.75) is 48.9 Å². The van der Waals surface area contributed by atoms with E-state index < -0.39 is 89.0 Å². The quantitative estimate of drug-likeness (QED) is 0.0798. The maximum absolute atomic E-state index is 13.0. The summed E-state index contributed by atoms with van der Waals surface area (Å²) >= 11 is 0. The van der Waals surface area contributed by atoms with Gasteiger partial charge in [-0.15, -0.1) is 0 Å². The molecule has 21 heteroatoms. The molecule has 1 saturated heterocycles. The highest BCUT2D eigenvalue weighted by Gasteiger charge is 2.48. The summed E-state index contributed by atoms with van der Waals surface area (Å²) in [5, 5.41) is 49.1. The molecule has 1 aromatic heterocycles. The fraction of sp³-hybridized carbons (Fsp3) is 0.667. The van der Waals surface area contributed by atoms with Gasteiger partial charge in [0, 0.05) is 12.3 Å². The van der Waals surface area contributed by atoms with Crippen LogP contribution in [0.5, 0.6) is 0 Å². The summed E-state index contributed by atoms with van der Waals surface area (Å²) in [6.07, 6.45) is -12.5. The number of aldehydes is 1. The van der Waals surface area contributed by atoms with Crippen molar-refractivity contribution in [1.82, 2.24) is 9.55 Å². The molecule has 9 atom stereocenters. The summed E-state index contributed by atoms with van der Waals surface area (Å²) in [5.41, 5.74) is 3.62. The predicted octanol–water partition coefficient (Wildman–Crippen LogP) is -4.98. The van der Waals surface area contributed by atoms with E-state index in [0.717, 1.165) is 12.3 Å². The molecule has 1 aliphatic rings. The van der Waals surface area contributed by atoms with Crippen molar-refractivity contribution in [3.05, 3.63) is 33.1 Å². The average molecular weight is 565 g/mol. The third kappa shape index (κ3) is 7.67. The first-order valence-electron chi connectivity index (χ1n) is 9.83. The Labute approximate surface area is 200 Å². The maximum atomic E-state index is 13.0. The molecule has 19 nitrogen and oxygen atoms in total. The van der Waals surface area contributed by atoms with Crippen molar-refractivity contribution >= 4 is 21.9 Å². The standard InChI is InChI=1S/C15H25N3O16P2/c16-6(3-19)13(10(23)7(21)4-20)33-36(30,34-35(27,28)29)31-5-8-11(24)12(25)14(32-8)18-2-1-9(22)17-15(18)26/h1-3,6-8,10-14,20-21,23-25H,4-5,16H2,(H,17,22,26)(H2,27,28,29)/t6-,7+,8+,10-,11+,12+,13+,14+,36?/m0/s1. The molecule has 0 radical (unpaired) electrons. The molecule has 0 bridgehead atoms. The lowest BCUT2D eigenvalue weighted by Crippen LogP contribution is -2.51. The molecular formula is C15H25N3O16P2. The van der Waals surface area contributed by atoms with Crippen LogP contribution in [0, 0.1) is 0 Å². The van der Waals surface area contributed by atoms with Crippen LogP contribution in [-0.2, 0) is 32.0 Å². The maximum Gasteiger partial charge on any atom is 0.484 e. The molecule has 1 fully saturated rings. The van der Waals surface area contributed by atoms with E-state index in [1.54, 1.807) is 0 Å². The van der Waals surface area contributed by atoms with E-state index in [2.05, 4.69) is 4.31 Å². The summed E-state index contributed by atoms with van der Waals surface area (Å²) < 4.78 is 43.9. The summed E-state index contributed by atoms with van der Waals surface area (Å²) in [5.74, 6) is 0. The minimum Gasteiger partial charge on any atom is -0.394 e. The molecule has 0 saturated carbocycles. The number of phosphoric ester groups is 1. The number of nitrogens with one attached hydrogen (secondary N) is 1. The van der Waals surface area contributed by atoms with Crippen molar-refractivity contribution in [2.75, 3.05) is 13.2 Å². The van der Waals surface area contributed by atoms with Crippen LogP contribution in [0.2, 0.25) is 0 Å². The first-order valence-corrected chi connectivity index (χ1v) is 12.8. The fourth-order valence-electron chi connectivity index (χ4n) is 3.01. The van der Waals surface area contributed by atoms with Crippen LogP contribution < -0.4 is 17.0 Å². The van der Waals surface area contributed by atoms with Gasteiger partial charge in [-0.2, -0.15) is 4.31 Å². The van der Waals surface area contributed by atoms with Gasteiger partial charge < -0.3 is 50.6 Å². The third-order valence-corrected chi connectivity index (χ3v) is 7.39. The van der Waals surface area contributed by atoms with Gasteiger partial charge in [-0.3, -0.25) is 23.4 Å². The zero-order valence-electron chi connectivity index (χ0n) is 18.0. The van der Waals surface area contributed by atoms with Gasteiger partial charge in [0.2, 0.25) is 0 Å². The van der Waals surface area contributed by atoms with Crippen molar-refractivity contribution in [3.63, 3.8) is 0 Å². The van der Waals surface area contributed by atoms with Crippen LogP contribution in [0.3, 0.4) is 0 Å². The summed E-state index contributed by atoms with van der Waals surface area (Å²) in [6, 6.07) is -0.975. The van der Waals surface area contributed by atoms with Gasteiger partial charge in [0.15, 0.2) is 6.23 Å². The number of aromatic nitrogens is 2. The SMILES string of the molecule is N[C@@H](C=O)[C@@H](OP(=O)(OC[C@H]1O[C@@H](n2ccc(=O)[nH]c2=O)[C@H](O)[C@@H]1O)OP(=O)(O)O)[C@@H](O)[C@H](O)CO. The van der Waals surface area contributed by atoms with Gasteiger partial charge in [0.05, 0.1) is 19.3 Å². The molecule has 2 heterocycles. The van der Waals surface area contributed by atoms with Crippen LogP contribution in [0.25, 0.3) is 0 Å². The number of H-pyrrole nitrogens is 1. The van der Waals surface area contributed by atoms with Crippen LogP contribution in [-0.4, -0.2) is 107 Å². The van der Waals surface area contributed by atoms with Crippen molar-refractivity contribution in [3.8, 4) is 0 Å². The van der Waals surface area contributed by atoms with Crippen molar-refractivity contribution < 1.29 is 67.3 Å². The van der Waals surface area contributed by atoms with E-state index in [1.807, 2.05) is 4.98 Å². The lowest BCUT2D eigenvalue weighted by atomic mass is 10.0. The zero-order valence-corrected chi connectivity index (χ0v) is 19.8. The molecule has 0 aliphatic carbocycles. The molecule has 10 N–H and O–H groups in total. The van der Waals surface area contributed by atoms with Crippen LogP contribution in [0.15, 0.2) is 21.9 Å². The van der Waals surface area contributed by atoms with Crippen LogP contribution >= 0.6 is 15.6 Å². The highest BCUT2D eigenvalue weighted by molar-refractivity contribution is 7.61. The second-order valence-electron chi connectivity index (χ2n) is 7.40. The second kappa shape index (κ2) is 12.2. The lowest BCUT2D eigenvalue weighted by molar-refractivity contribution is -0.118. The predicted molar refractivity (Wildman–Crippen MR) is 112 cm³/mol. The minimum atomic E-state index is -5.67. The highest BCUT2D eigenvalue weighted by Crippen LogP contribution is 2.62. The molecule has 1 unspecified atom stereocenters. The Bertz CT molecular complexity index is 1100. The van der Waals surface area contributed by atoms with E-state index in [0.29, 0.717) is 4.57 Å². The van der Waals surface area contributed by atoms with E-state index in [4.69, 9.17) is 34.4 Å². The number of carbonyl (C=O) groups excluding carboxylic acids is 1. The Kier molecular flexibility index (Phi) is 10.4. The monoisotopic (exact) mass is 565 g/mol. The smallest absolute Gasteiger partial charge is 0.394 e. The molecule has 1 aliphatic heterocycles. The number of hydrogen-bond donors (Lipinski definition) is 9. The number of nitrogens with two attached hydrogens (primary N) is 1. The van der Waals surface area contributed by atoms with E-state index >= 15 is 0 Å². The van der Waals surface area contributed by atoms with Gasteiger partial charge in [-0.25, -0.2) is 13.9 Å². The Balaban J connectivity index is 2.27. The van der Waals surface area contributed by atoms with E-state index in [9.17, 15) is 43.9 Å². The number of ether oxygens (including phenoxy) is 1. The molecular weight excluding hydrogens is 540 g/mol. The van der Waals surface area contributed by atoms with Gasteiger partial charge in [-0.05, 0) is 0 Å². The third-order valence-electron chi connectivity index (χ3n) is 4.77. The molecule has 0 spiro atoms. The number of aliphatic hydroxyl groups excluding tert-OH is 5. The minimum absolute atomic E-state index is 0.0491. The zero-order chi connectivity index (χ0) is 27.4. The van der Waals surface area contributed by atoms with E-state index in [1.165, 1.54) is 0 Å². The van der Waals surface area contributed by atoms with Gasteiger partial charge in [0.1, 0.15) is 42.9 Å². The number of nitrogens with zero attached hydrogens (tertiary/aromatic N) is 1. The molecule has 1 aromatic rings. The Morgan fingerprint density at radius 3 is 2.39 bits per heavy atom. The summed E-state index contributed by atoms with van der Waals surface area (Å²) in [6.45, 7) is -2.19. The molecule has 0 aromatic carbocycles. The molecule has 2 rings (SSSR count). The second-order valence-corrected chi connectivity index (χ2v) is 10.4. The lowest BCUT2D eigenvalue weighted by Gasteiger charge is -2.31. The number of hydrogen-bond acceptors (Lipinski definition) is 15. The molecule has 206 valence electrons. The number of carbonyl (C=O) groups is 1. The van der Waals surface area contributed by atoms with E-state index in [-0.39, 0.29) is 6.29 Å². The van der Waals surface area contributed by atoms with Gasteiger partial charge in [0.25, 0.3) is 5.56 Å². The van der Waals surface area contributed by atoms with Gasteiger partial charge in [-0.1, -0.05) is 0 Å². The number of aliphatic hydroxyl groups is 5. The average Bonchev–Trinajstić information content (AvgIpc) is 3.07. The largest absolute Gasteiger partial charge is 0.484 e. The molecule has 0 amide bonds. The number of phosphoric acid groups is 2. The van der Waals surface area contributed by atoms with Crippen LogP contribution in [0.4, 0.5) is 0 Å². The first kappa shape index (κ1) is 30.6. The fourth-order valence-corrected chi connectivity index (χ4v) is 5.34. The Morgan fingerprint density at radius 1 is 1.22 bits per heavy atom. The topological polar surface area (TPSA) is 311 Å². The van der Waals surface area contributed by atoms with Crippen molar-refractivity contribution in [2.24, 2.45) is 5.73 Å². The van der Waals surface area contributed by atoms with Crippen molar-refractivity contribution in [1.29, 1.82) is 0 Å². The Morgan fingerprint density at radius 2 is 1.86 bits per heavy atom. The summed E-state index contributed by atoms with van der Waals surface area (Å²) in [7, 11) is -11.2. The van der Waals surface area contributed by atoms with Crippen LogP contribution in [0.1, 0.15) is 6.23 Å². The summed E-state index contributed by atoms with van der Waals surface area (Å²) in [4.78, 5) is 54.3. The number of aromatic amines is 1. The first-order chi connectivity index (χ1) is 16.6.